The Morgan fingerprint density at radius 1 is 0.933 bits per heavy atom. The maximum Gasteiger partial charge on any atom is 0.248 e. The second-order valence-corrected chi connectivity index (χ2v) is 7.23. The van der Waals surface area contributed by atoms with Gasteiger partial charge in [0.15, 0.2) is 0 Å². The molecular weight excluding hydrogens is 425 g/mol. The van der Waals surface area contributed by atoms with Crippen molar-refractivity contribution in [1.29, 1.82) is 0 Å². The highest BCUT2D eigenvalue weighted by Crippen LogP contribution is 2.34. The molecule has 7 nitrogen and oxygen atoms in total. The monoisotopic (exact) mass is 437 g/mol. The zero-order valence-electron chi connectivity index (χ0n) is 15.6. The summed E-state index contributed by atoms with van der Waals surface area (Å²) in [6.07, 6.45) is 1.62. The van der Waals surface area contributed by atoms with E-state index in [-0.39, 0.29) is 0 Å². The zero-order chi connectivity index (χ0) is 20.7. The number of halogens is 2. The van der Waals surface area contributed by atoms with Crippen molar-refractivity contribution in [2.45, 2.75) is 0 Å². The minimum Gasteiger partial charge on any atom is -0.481 e. The van der Waals surface area contributed by atoms with Gasteiger partial charge in [-0.15, -0.1) is 10.2 Å². The van der Waals surface area contributed by atoms with Crippen molar-refractivity contribution in [2.75, 3.05) is 7.11 Å². The Morgan fingerprint density at radius 3 is 2.40 bits per heavy atom. The molecule has 0 radical (unpaired) electrons. The fourth-order valence-electron chi connectivity index (χ4n) is 3.10. The highest BCUT2D eigenvalue weighted by Gasteiger charge is 2.15. The number of imidazole rings is 1. The van der Waals surface area contributed by atoms with Crippen LogP contribution in [0.1, 0.15) is 0 Å². The van der Waals surface area contributed by atoms with Crippen LogP contribution < -0.4 is 4.74 Å². The summed E-state index contributed by atoms with van der Waals surface area (Å²) in [6.45, 7) is 0. The van der Waals surface area contributed by atoms with E-state index in [0.717, 1.165) is 22.2 Å². The van der Waals surface area contributed by atoms with Crippen LogP contribution in [-0.4, -0.2) is 32.3 Å². The van der Waals surface area contributed by atoms with Crippen molar-refractivity contribution in [3.63, 3.8) is 0 Å². The van der Waals surface area contributed by atoms with Gasteiger partial charge in [-0.2, -0.15) is 0 Å². The van der Waals surface area contributed by atoms with E-state index in [1.54, 1.807) is 43.6 Å². The third-order valence-corrected chi connectivity index (χ3v) is 5.17. The molecular formula is C21H13Cl2N5O2. The van der Waals surface area contributed by atoms with E-state index in [4.69, 9.17) is 32.4 Å². The second-order valence-electron chi connectivity index (χ2n) is 6.41. The average molecular weight is 438 g/mol. The number of hydrogen-bond acceptors (Lipinski definition) is 6. The lowest BCUT2D eigenvalue weighted by Crippen LogP contribution is -1.87. The Hall–Kier alpha value is -3.42. The minimum atomic E-state index is 0.374. The van der Waals surface area contributed by atoms with Crippen LogP contribution in [0, 0.1) is 0 Å². The topological polar surface area (TPSA) is 89.7 Å². The first-order valence-electron chi connectivity index (χ1n) is 8.91. The molecule has 0 aliphatic rings. The van der Waals surface area contributed by atoms with E-state index in [1.165, 1.54) is 0 Å². The molecule has 0 atom stereocenters. The van der Waals surface area contributed by atoms with Gasteiger partial charge in [-0.3, -0.25) is 0 Å². The van der Waals surface area contributed by atoms with Crippen molar-refractivity contribution < 1.29 is 9.15 Å². The predicted molar refractivity (Wildman–Crippen MR) is 115 cm³/mol. The number of aromatic nitrogens is 5. The van der Waals surface area contributed by atoms with E-state index in [1.807, 2.05) is 18.2 Å². The third kappa shape index (κ3) is 3.28. The van der Waals surface area contributed by atoms with Gasteiger partial charge in [-0.05, 0) is 36.4 Å². The van der Waals surface area contributed by atoms with Gasteiger partial charge < -0.3 is 14.1 Å². The molecule has 148 valence electrons. The Balaban J connectivity index is 1.52. The molecule has 3 aromatic heterocycles. The smallest absolute Gasteiger partial charge is 0.248 e. The van der Waals surface area contributed by atoms with E-state index >= 15 is 0 Å². The summed E-state index contributed by atoms with van der Waals surface area (Å²) >= 11 is 12.6. The first kappa shape index (κ1) is 18.6. The molecule has 2 aromatic carbocycles. The standard InChI is InChI=1S/C21H13Cl2N5O2/c1-29-17-10-12(7-8-24-17)21-28-27-20(30-21)11-5-6-15-16(9-11)26-19(25-15)18-13(22)3-2-4-14(18)23/h2-10H,1H3,(H,25,26). The molecule has 9 heteroatoms. The maximum atomic E-state index is 6.31. The lowest BCUT2D eigenvalue weighted by molar-refractivity contribution is 0.398. The number of nitrogens with one attached hydrogen (secondary N) is 1. The number of methoxy groups -OCH3 is 1. The molecule has 0 aliphatic heterocycles. The number of benzene rings is 2. The lowest BCUT2D eigenvalue weighted by Gasteiger charge is -2.02. The first-order chi connectivity index (χ1) is 14.6. The van der Waals surface area contributed by atoms with Crippen LogP contribution in [0.2, 0.25) is 10.0 Å². The molecule has 1 N–H and O–H groups in total. The Bertz CT molecular complexity index is 1360. The quantitative estimate of drug-likeness (QED) is 0.390. The summed E-state index contributed by atoms with van der Waals surface area (Å²) in [5.41, 5.74) is 3.69. The Kier molecular flexibility index (Phi) is 4.61. The molecule has 0 fully saturated rings. The largest absolute Gasteiger partial charge is 0.481 e. The van der Waals surface area contributed by atoms with Crippen molar-refractivity contribution in [1.82, 2.24) is 25.1 Å². The van der Waals surface area contributed by atoms with Gasteiger partial charge in [0, 0.05) is 23.4 Å². The van der Waals surface area contributed by atoms with Gasteiger partial charge in [0.05, 0.1) is 33.8 Å². The molecule has 5 aromatic rings. The zero-order valence-corrected chi connectivity index (χ0v) is 17.1. The second kappa shape index (κ2) is 7.44. The average Bonchev–Trinajstić information content (AvgIpc) is 3.40. The minimum absolute atomic E-state index is 0.374. The van der Waals surface area contributed by atoms with Gasteiger partial charge in [0.2, 0.25) is 17.7 Å². The fourth-order valence-corrected chi connectivity index (χ4v) is 3.67. The summed E-state index contributed by atoms with van der Waals surface area (Å²) in [5.74, 6) is 1.82. The van der Waals surface area contributed by atoms with Crippen LogP contribution in [0.3, 0.4) is 0 Å². The Morgan fingerprint density at radius 2 is 1.67 bits per heavy atom. The Labute approximate surface area is 180 Å². The van der Waals surface area contributed by atoms with Crippen LogP contribution in [-0.2, 0) is 0 Å². The summed E-state index contributed by atoms with van der Waals surface area (Å²) in [4.78, 5) is 11.9. The lowest BCUT2D eigenvalue weighted by atomic mass is 10.2. The third-order valence-electron chi connectivity index (χ3n) is 4.54. The normalized spacial score (nSPS) is 11.2. The maximum absolute atomic E-state index is 6.31. The summed E-state index contributed by atoms with van der Waals surface area (Å²) < 4.78 is 11.0. The molecule has 0 unspecified atom stereocenters. The molecule has 0 aliphatic carbocycles. The SMILES string of the molecule is COc1cc(-c2nnc(-c3ccc4nc(-c5c(Cl)cccc5Cl)[nH]c4c3)o2)ccn1. The number of nitrogens with zero attached hydrogens (tertiary/aromatic N) is 4. The van der Waals surface area contributed by atoms with Crippen molar-refractivity contribution >= 4 is 34.2 Å². The number of rotatable bonds is 4. The van der Waals surface area contributed by atoms with Gasteiger partial charge in [-0.1, -0.05) is 29.3 Å². The van der Waals surface area contributed by atoms with Crippen LogP contribution in [0.15, 0.2) is 59.1 Å². The fraction of sp³-hybridized carbons (Fsp3) is 0.0476. The number of ether oxygens (including phenoxy) is 1. The molecule has 5 rings (SSSR count). The van der Waals surface area contributed by atoms with Crippen LogP contribution in [0.5, 0.6) is 5.88 Å². The number of aromatic amines is 1. The highest BCUT2D eigenvalue weighted by atomic mass is 35.5. The van der Waals surface area contributed by atoms with Crippen LogP contribution in [0.4, 0.5) is 0 Å². The van der Waals surface area contributed by atoms with E-state index in [9.17, 15) is 0 Å². The highest BCUT2D eigenvalue weighted by molar-refractivity contribution is 6.39. The van der Waals surface area contributed by atoms with Crippen molar-refractivity contribution in [3.05, 3.63) is 64.8 Å². The molecule has 0 amide bonds. The van der Waals surface area contributed by atoms with E-state index < -0.39 is 0 Å². The first-order valence-corrected chi connectivity index (χ1v) is 9.66. The number of H-pyrrole nitrogens is 1. The van der Waals surface area contributed by atoms with Crippen molar-refractivity contribution in [3.8, 4) is 40.2 Å². The van der Waals surface area contributed by atoms with Crippen LogP contribution in [0.25, 0.3) is 45.3 Å². The van der Waals surface area contributed by atoms with Gasteiger partial charge in [0.25, 0.3) is 0 Å². The number of fused-ring (bicyclic) bond motifs is 1. The van der Waals surface area contributed by atoms with E-state index in [2.05, 4.69) is 25.1 Å². The summed E-state index contributed by atoms with van der Waals surface area (Å²) in [7, 11) is 1.55. The molecule has 0 spiro atoms. The molecule has 0 bridgehead atoms. The summed E-state index contributed by atoms with van der Waals surface area (Å²) in [6, 6.07) is 14.5. The molecule has 0 saturated heterocycles. The molecule has 0 saturated carbocycles. The predicted octanol–water partition coefficient (Wildman–Crippen LogP) is 5.66. The number of pyridine rings is 1. The van der Waals surface area contributed by atoms with Gasteiger partial charge >= 0.3 is 0 Å². The van der Waals surface area contributed by atoms with Gasteiger partial charge in [-0.25, -0.2) is 9.97 Å². The number of hydrogen-bond donors (Lipinski definition) is 1. The van der Waals surface area contributed by atoms with Crippen LogP contribution >= 0.6 is 23.2 Å². The van der Waals surface area contributed by atoms with E-state index in [0.29, 0.717) is 39.1 Å². The summed E-state index contributed by atoms with van der Waals surface area (Å²) in [5, 5.41) is 9.35. The van der Waals surface area contributed by atoms with Crippen molar-refractivity contribution in [2.24, 2.45) is 0 Å². The van der Waals surface area contributed by atoms with Gasteiger partial charge in [0.1, 0.15) is 5.82 Å². The molecule has 30 heavy (non-hydrogen) atoms. The molecule has 3 heterocycles.